The number of nitrogens with zero attached hydrogens (tertiary/aromatic N) is 1. The number of carbonyl (C=O) groups is 2. The van der Waals surface area contributed by atoms with E-state index in [0.717, 1.165) is 17.5 Å². The molecule has 2 aromatic rings. The van der Waals surface area contributed by atoms with Crippen molar-refractivity contribution in [3.63, 3.8) is 0 Å². The Morgan fingerprint density at radius 1 is 1.14 bits per heavy atom. The summed E-state index contributed by atoms with van der Waals surface area (Å²) in [6, 6.07) is 11.4. The van der Waals surface area contributed by atoms with Gasteiger partial charge in [0.2, 0.25) is 11.8 Å². The van der Waals surface area contributed by atoms with Gasteiger partial charge < -0.3 is 10.2 Å². The molecule has 0 fully saturated rings. The van der Waals surface area contributed by atoms with Gasteiger partial charge in [-0.3, -0.25) is 9.59 Å². The van der Waals surface area contributed by atoms with Crippen LogP contribution in [0.1, 0.15) is 43.4 Å². The maximum Gasteiger partial charge on any atom is 0.242 e. The number of halogens is 2. The van der Waals surface area contributed by atoms with Crippen molar-refractivity contribution in [2.24, 2.45) is 0 Å². The Bertz CT molecular complexity index is 836. The van der Waals surface area contributed by atoms with E-state index < -0.39 is 11.9 Å². The number of nitrogens with one attached hydrogen (secondary N) is 1. The predicted molar refractivity (Wildman–Crippen MR) is 114 cm³/mol. The summed E-state index contributed by atoms with van der Waals surface area (Å²) in [7, 11) is 0. The van der Waals surface area contributed by atoms with Gasteiger partial charge in [0, 0.05) is 23.7 Å². The minimum Gasteiger partial charge on any atom is -0.354 e. The molecule has 0 spiro atoms. The molecule has 2 aromatic carbocycles. The summed E-state index contributed by atoms with van der Waals surface area (Å²) in [6.45, 7) is 6.61. The molecule has 0 aliphatic heterocycles. The van der Waals surface area contributed by atoms with Crippen molar-refractivity contribution in [3.8, 4) is 0 Å². The third-order valence-electron chi connectivity index (χ3n) is 4.93. The molecular formula is C23H28ClFN2O2. The van der Waals surface area contributed by atoms with Crippen molar-refractivity contribution in [2.75, 3.05) is 6.54 Å². The lowest BCUT2D eigenvalue weighted by Gasteiger charge is -2.31. The lowest BCUT2D eigenvalue weighted by Crippen LogP contribution is -2.49. The molecule has 2 rings (SSSR count). The van der Waals surface area contributed by atoms with E-state index in [4.69, 9.17) is 11.6 Å². The third-order valence-corrected chi connectivity index (χ3v) is 5.28. The van der Waals surface area contributed by atoms with Crippen molar-refractivity contribution in [2.45, 2.75) is 52.6 Å². The van der Waals surface area contributed by atoms with Gasteiger partial charge in [0.15, 0.2) is 0 Å². The molecule has 156 valence electrons. The van der Waals surface area contributed by atoms with E-state index in [-0.39, 0.29) is 35.4 Å². The standard InChI is InChI=1S/C23H28ClFN2O2/c1-4-13-26-23(29)21(5-2)27(15-17-10-7-6-9-16(17)3)22(28)14-18-19(24)11-8-12-20(18)25/h6-12,21H,4-5,13-15H2,1-3H3,(H,26,29). The molecule has 0 saturated heterocycles. The minimum absolute atomic E-state index is 0.151. The predicted octanol–water partition coefficient (Wildman–Crippen LogP) is 4.66. The van der Waals surface area contributed by atoms with E-state index in [2.05, 4.69) is 5.32 Å². The van der Waals surface area contributed by atoms with Gasteiger partial charge >= 0.3 is 0 Å². The van der Waals surface area contributed by atoms with Crippen LogP contribution in [0.2, 0.25) is 5.02 Å². The van der Waals surface area contributed by atoms with Gasteiger partial charge in [-0.25, -0.2) is 4.39 Å². The van der Waals surface area contributed by atoms with Crippen LogP contribution in [-0.4, -0.2) is 29.3 Å². The summed E-state index contributed by atoms with van der Waals surface area (Å²) in [5.74, 6) is -1.06. The summed E-state index contributed by atoms with van der Waals surface area (Å²) >= 11 is 6.12. The summed E-state index contributed by atoms with van der Waals surface area (Å²) in [4.78, 5) is 27.5. The Morgan fingerprint density at radius 3 is 2.48 bits per heavy atom. The number of rotatable bonds is 9. The zero-order valence-corrected chi connectivity index (χ0v) is 17.9. The van der Waals surface area contributed by atoms with Crippen molar-refractivity contribution < 1.29 is 14.0 Å². The topological polar surface area (TPSA) is 49.4 Å². The fraction of sp³-hybridized carbons (Fsp3) is 0.391. The molecule has 0 radical (unpaired) electrons. The molecule has 29 heavy (non-hydrogen) atoms. The van der Waals surface area contributed by atoms with Crippen molar-refractivity contribution in [3.05, 3.63) is 70.0 Å². The van der Waals surface area contributed by atoms with Gasteiger partial charge in [-0.05, 0) is 43.0 Å². The highest BCUT2D eigenvalue weighted by atomic mass is 35.5. The molecule has 6 heteroatoms. The van der Waals surface area contributed by atoms with Gasteiger partial charge in [-0.2, -0.15) is 0 Å². The number of hydrogen-bond acceptors (Lipinski definition) is 2. The van der Waals surface area contributed by atoms with Crippen LogP contribution in [0.5, 0.6) is 0 Å². The van der Waals surface area contributed by atoms with Crippen LogP contribution in [-0.2, 0) is 22.6 Å². The summed E-state index contributed by atoms with van der Waals surface area (Å²) in [5.41, 5.74) is 2.12. The number of amides is 2. The first kappa shape index (κ1) is 22.9. The third kappa shape index (κ3) is 6.04. The largest absolute Gasteiger partial charge is 0.354 e. The van der Waals surface area contributed by atoms with E-state index >= 15 is 0 Å². The first-order valence-corrected chi connectivity index (χ1v) is 10.3. The van der Waals surface area contributed by atoms with Crippen molar-refractivity contribution in [1.29, 1.82) is 0 Å². The van der Waals surface area contributed by atoms with Crippen LogP contribution in [0.3, 0.4) is 0 Å². The normalized spacial score (nSPS) is 11.8. The Hall–Kier alpha value is -2.40. The van der Waals surface area contributed by atoms with E-state index in [0.29, 0.717) is 13.0 Å². The molecule has 0 aliphatic rings. The van der Waals surface area contributed by atoms with Crippen molar-refractivity contribution >= 4 is 23.4 Å². The van der Waals surface area contributed by atoms with Crippen LogP contribution < -0.4 is 5.32 Å². The molecule has 2 amide bonds. The zero-order valence-electron chi connectivity index (χ0n) is 17.2. The number of aryl methyl sites for hydroxylation is 1. The summed E-state index contributed by atoms with van der Waals surface area (Å²) in [5, 5.41) is 3.08. The van der Waals surface area contributed by atoms with Crippen LogP contribution in [0.4, 0.5) is 4.39 Å². The Labute approximate surface area is 177 Å². The number of hydrogen-bond donors (Lipinski definition) is 1. The van der Waals surface area contributed by atoms with Crippen LogP contribution in [0.25, 0.3) is 0 Å². The smallest absolute Gasteiger partial charge is 0.242 e. The maximum atomic E-state index is 14.2. The molecule has 0 heterocycles. The number of benzene rings is 2. The molecule has 0 saturated carbocycles. The van der Waals surface area contributed by atoms with Gasteiger partial charge in [-0.1, -0.05) is 55.8 Å². The average molecular weight is 419 g/mol. The molecule has 0 bridgehead atoms. The van der Waals surface area contributed by atoms with Gasteiger partial charge in [0.05, 0.1) is 6.42 Å². The Balaban J connectivity index is 2.35. The summed E-state index contributed by atoms with van der Waals surface area (Å²) < 4.78 is 14.2. The molecule has 0 aliphatic carbocycles. The lowest BCUT2D eigenvalue weighted by atomic mass is 10.0. The van der Waals surface area contributed by atoms with Gasteiger partial charge in [0.1, 0.15) is 11.9 Å². The SMILES string of the molecule is CCCNC(=O)C(CC)N(Cc1ccccc1C)C(=O)Cc1c(F)cccc1Cl. The first-order valence-electron chi connectivity index (χ1n) is 9.93. The van der Waals surface area contributed by atoms with Crippen molar-refractivity contribution in [1.82, 2.24) is 10.2 Å². The molecular weight excluding hydrogens is 391 g/mol. The minimum atomic E-state index is -0.640. The molecule has 0 aromatic heterocycles. The Morgan fingerprint density at radius 2 is 1.86 bits per heavy atom. The van der Waals surface area contributed by atoms with Gasteiger partial charge in [0.25, 0.3) is 0 Å². The fourth-order valence-electron chi connectivity index (χ4n) is 3.21. The monoisotopic (exact) mass is 418 g/mol. The Kier molecular flexibility index (Phi) is 8.65. The maximum absolute atomic E-state index is 14.2. The second kappa shape index (κ2) is 11.0. The first-order chi connectivity index (χ1) is 13.9. The molecule has 4 nitrogen and oxygen atoms in total. The van der Waals surface area contributed by atoms with E-state index in [1.54, 1.807) is 6.07 Å². The van der Waals surface area contributed by atoms with E-state index in [1.807, 2.05) is 45.0 Å². The highest BCUT2D eigenvalue weighted by molar-refractivity contribution is 6.31. The van der Waals surface area contributed by atoms with Gasteiger partial charge in [-0.15, -0.1) is 0 Å². The zero-order chi connectivity index (χ0) is 21.4. The van der Waals surface area contributed by atoms with Crippen LogP contribution in [0.15, 0.2) is 42.5 Å². The second-order valence-corrected chi connectivity index (χ2v) is 7.45. The quantitative estimate of drug-likeness (QED) is 0.643. The highest BCUT2D eigenvalue weighted by Gasteiger charge is 2.29. The van der Waals surface area contributed by atoms with E-state index in [1.165, 1.54) is 17.0 Å². The van der Waals surface area contributed by atoms with E-state index in [9.17, 15) is 14.0 Å². The molecule has 1 N–H and O–H groups in total. The average Bonchev–Trinajstić information content (AvgIpc) is 2.70. The van der Waals surface area contributed by atoms with Crippen LogP contribution in [0, 0.1) is 12.7 Å². The fourth-order valence-corrected chi connectivity index (χ4v) is 3.44. The molecule has 1 unspecified atom stereocenters. The number of carbonyl (C=O) groups excluding carboxylic acids is 2. The van der Waals surface area contributed by atoms with Crippen LogP contribution >= 0.6 is 11.6 Å². The molecule has 1 atom stereocenters. The highest BCUT2D eigenvalue weighted by Crippen LogP contribution is 2.22. The lowest BCUT2D eigenvalue weighted by molar-refractivity contribution is -0.141. The second-order valence-electron chi connectivity index (χ2n) is 7.04. The summed E-state index contributed by atoms with van der Waals surface area (Å²) in [6.07, 6.45) is 1.06.